The van der Waals surface area contributed by atoms with E-state index in [-0.39, 0.29) is 6.54 Å². The molecule has 18 heavy (non-hydrogen) atoms. The number of nitrogens with one attached hydrogen (secondary N) is 1. The second kappa shape index (κ2) is 4.15. The molecule has 0 fully saturated rings. The molecule has 6 nitrogen and oxygen atoms in total. The van der Waals surface area contributed by atoms with Crippen molar-refractivity contribution in [3.05, 3.63) is 30.3 Å². The van der Waals surface area contributed by atoms with Crippen molar-refractivity contribution in [1.82, 2.24) is 15.1 Å². The first-order chi connectivity index (χ1) is 8.81. The minimum absolute atomic E-state index is 0.231. The molecule has 0 spiro atoms. The number of rotatable bonds is 3. The molecule has 0 aliphatic carbocycles. The summed E-state index contributed by atoms with van der Waals surface area (Å²) in [6, 6.07) is 5.78. The van der Waals surface area contributed by atoms with Crippen LogP contribution in [0.4, 0.5) is 0 Å². The van der Waals surface area contributed by atoms with Gasteiger partial charge >= 0.3 is 0 Å². The second-order valence-corrected chi connectivity index (χ2v) is 3.83. The van der Waals surface area contributed by atoms with Gasteiger partial charge in [-0.1, -0.05) is 5.16 Å². The largest absolute Gasteiger partial charge is 0.496 e. The van der Waals surface area contributed by atoms with E-state index in [0.717, 1.165) is 22.2 Å². The predicted molar refractivity (Wildman–Crippen MR) is 66.0 cm³/mol. The minimum Gasteiger partial charge on any atom is -0.496 e. The predicted octanol–water partition coefficient (Wildman–Crippen LogP) is 1.69. The Morgan fingerprint density at radius 2 is 2.33 bits per heavy atom. The van der Waals surface area contributed by atoms with Crippen LogP contribution in [-0.4, -0.2) is 22.2 Å². The molecule has 0 saturated heterocycles. The Balaban J connectivity index is 2.16. The number of aromatic amines is 1. The van der Waals surface area contributed by atoms with Gasteiger partial charge in [-0.3, -0.25) is 0 Å². The lowest BCUT2D eigenvalue weighted by molar-refractivity contribution is 0.380. The summed E-state index contributed by atoms with van der Waals surface area (Å²) in [5.41, 5.74) is 7.23. The van der Waals surface area contributed by atoms with Gasteiger partial charge in [0.15, 0.2) is 0 Å². The maximum Gasteiger partial charge on any atom is 0.240 e. The molecular weight excluding hydrogens is 232 g/mol. The Morgan fingerprint density at radius 1 is 1.44 bits per heavy atom. The Hall–Kier alpha value is -2.34. The fraction of sp³-hybridized carbons (Fsp3) is 0.167. The molecule has 0 amide bonds. The number of aromatic nitrogens is 3. The minimum atomic E-state index is 0.231. The Labute approximate surface area is 103 Å². The quantitative estimate of drug-likeness (QED) is 0.731. The van der Waals surface area contributed by atoms with Crippen LogP contribution in [0.5, 0.6) is 5.75 Å². The van der Waals surface area contributed by atoms with E-state index >= 15 is 0 Å². The molecule has 0 atom stereocenters. The van der Waals surface area contributed by atoms with Crippen LogP contribution in [-0.2, 0) is 6.54 Å². The van der Waals surface area contributed by atoms with Crippen LogP contribution in [0.2, 0.25) is 0 Å². The van der Waals surface area contributed by atoms with Gasteiger partial charge in [-0.2, -0.15) is 4.98 Å². The van der Waals surface area contributed by atoms with Gasteiger partial charge in [0.1, 0.15) is 5.75 Å². The number of H-pyrrole nitrogens is 1. The summed E-state index contributed by atoms with van der Waals surface area (Å²) in [6.07, 6.45) is 1.86. The Morgan fingerprint density at radius 3 is 3.06 bits per heavy atom. The number of methoxy groups -OCH3 is 1. The van der Waals surface area contributed by atoms with Crippen molar-refractivity contribution < 1.29 is 9.26 Å². The van der Waals surface area contributed by atoms with E-state index in [1.165, 1.54) is 0 Å². The lowest BCUT2D eigenvalue weighted by atomic mass is 10.1. The zero-order valence-corrected chi connectivity index (χ0v) is 9.80. The number of fused-ring (bicyclic) bond motifs is 1. The Kier molecular flexibility index (Phi) is 2.49. The van der Waals surface area contributed by atoms with Crippen molar-refractivity contribution >= 4 is 10.9 Å². The third-order valence-corrected chi connectivity index (χ3v) is 2.75. The number of benzene rings is 1. The fourth-order valence-corrected chi connectivity index (χ4v) is 1.89. The van der Waals surface area contributed by atoms with Crippen LogP contribution in [0.15, 0.2) is 28.9 Å². The van der Waals surface area contributed by atoms with E-state index < -0.39 is 0 Å². The zero-order chi connectivity index (χ0) is 12.5. The lowest BCUT2D eigenvalue weighted by Crippen LogP contribution is -1.95. The molecular formula is C12H12N4O2. The van der Waals surface area contributed by atoms with Crippen LogP contribution in [0.25, 0.3) is 22.3 Å². The van der Waals surface area contributed by atoms with Gasteiger partial charge in [-0.05, 0) is 18.2 Å². The van der Waals surface area contributed by atoms with E-state index in [0.29, 0.717) is 11.7 Å². The van der Waals surface area contributed by atoms with E-state index in [4.69, 9.17) is 15.0 Å². The molecule has 3 N–H and O–H groups in total. The third-order valence-electron chi connectivity index (χ3n) is 2.75. The van der Waals surface area contributed by atoms with Crippen molar-refractivity contribution in [2.45, 2.75) is 6.54 Å². The smallest absolute Gasteiger partial charge is 0.240 e. The molecule has 1 aromatic carbocycles. The first kappa shape index (κ1) is 10.8. The molecule has 0 bridgehead atoms. The van der Waals surface area contributed by atoms with E-state index in [1.807, 2.05) is 24.4 Å². The molecule has 0 saturated carbocycles. The van der Waals surface area contributed by atoms with E-state index in [9.17, 15) is 0 Å². The fourth-order valence-electron chi connectivity index (χ4n) is 1.89. The van der Waals surface area contributed by atoms with Crippen molar-refractivity contribution in [2.75, 3.05) is 7.11 Å². The van der Waals surface area contributed by atoms with Crippen molar-refractivity contribution in [3.63, 3.8) is 0 Å². The molecule has 0 aliphatic heterocycles. The highest BCUT2D eigenvalue weighted by atomic mass is 16.5. The Bertz CT molecular complexity index is 686. The van der Waals surface area contributed by atoms with Crippen molar-refractivity contribution in [1.29, 1.82) is 0 Å². The topological polar surface area (TPSA) is 90.0 Å². The summed E-state index contributed by atoms with van der Waals surface area (Å²) in [6.45, 7) is 0.231. The van der Waals surface area contributed by atoms with E-state index in [1.54, 1.807) is 7.11 Å². The maximum atomic E-state index is 5.44. The zero-order valence-electron chi connectivity index (χ0n) is 9.80. The standard InChI is InChI=1S/C12H12N4O2/c1-17-10-5-7(4-9-8(10)2-3-14-9)12-15-11(6-13)18-16-12/h2-5,14H,6,13H2,1H3. The highest BCUT2D eigenvalue weighted by Gasteiger charge is 2.11. The monoisotopic (exact) mass is 244 g/mol. The molecule has 6 heteroatoms. The molecule has 2 heterocycles. The summed E-state index contributed by atoms with van der Waals surface area (Å²) in [5.74, 6) is 1.68. The van der Waals surface area contributed by atoms with Crippen LogP contribution in [0.3, 0.4) is 0 Å². The van der Waals surface area contributed by atoms with Gasteiger partial charge in [0.25, 0.3) is 0 Å². The second-order valence-electron chi connectivity index (χ2n) is 3.83. The summed E-state index contributed by atoms with van der Waals surface area (Å²) in [7, 11) is 1.63. The summed E-state index contributed by atoms with van der Waals surface area (Å²) >= 11 is 0. The number of hydrogen-bond acceptors (Lipinski definition) is 5. The molecule has 3 aromatic rings. The van der Waals surface area contributed by atoms with Gasteiger partial charge in [-0.15, -0.1) is 0 Å². The number of ether oxygens (including phenoxy) is 1. The van der Waals surface area contributed by atoms with Gasteiger partial charge in [-0.25, -0.2) is 0 Å². The van der Waals surface area contributed by atoms with Crippen molar-refractivity contribution in [3.8, 4) is 17.1 Å². The molecule has 92 valence electrons. The van der Waals surface area contributed by atoms with Crippen LogP contribution >= 0.6 is 0 Å². The summed E-state index contributed by atoms with van der Waals surface area (Å²) in [5, 5.41) is 4.91. The van der Waals surface area contributed by atoms with Crippen LogP contribution in [0, 0.1) is 0 Å². The number of nitrogens with two attached hydrogens (primary N) is 1. The van der Waals surface area contributed by atoms with Crippen LogP contribution < -0.4 is 10.5 Å². The van der Waals surface area contributed by atoms with Gasteiger partial charge in [0, 0.05) is 22.7 Å². The van der Waals surface area contributed by atoms with Crippen molar-refractivity contribution in [2.24, 2.45) is 5.73 Å². The third kappa shape index (κ3) is 1.63. The molecule has 3 rings (SSSR count). The SMILES string of the molecule is COc1cc(-c2noc(CN)n2)cc2[nH]ccc12. The normalized spacial score (nSPS) is 11.0. The van der Waals surface area contributed by atoms with Gasteiger partial charge in [0.2, 0.25) is 11.7 Å². The highest BCUT2D eigenvalue weighted by Crippen LogP contribution is 2.30. The number of hydrogen-bond donors (Lipinski definition) is 2. The average Bonchev–Trinajstić information content (AvgIpc) is 3.05. The molecule has 0 aliphatic rings. The first-order valence-corrected chi connectivity index (χ1v) is 5.50. The van der Waals surface area contributed by atoms with Gasteiger partial charge in [0.05, 0.1) is 13.7 Å². The number of nitrogens with zero attached hydrogens (tertiary/aromatic N) is 2. The van der Waals surface area contributed by atoms with E-state index in [2.05, 4.69) is 15.1 Å². The molecule has 0 radical (unpaired) electrons. The molecule has 0 unspecified atom stereocenters. The maximum absolute atomic E-state index is 5.44. The highest BCUT2D eigenvalue weighted by molar-refractivity contribution is 5.89. The van der Waals surface area contributed by atoms with Gasteiger partial charge < -0.3 is 20.0 Å². The molecule has 2 aromatic heterocycles. The summed E-state index contributed by atoms with van der Waals surface area (Å²) in [4.78, 5) is 7.33. The summed E-state index contributed by atoms with van der Waals surface area (Å²) < 4.78 is 10.3. The average molecular weight is 244 g/mol. The lowest BCUT2D eigenvalue weighted by Gasteiger charge is -2.03. The first-order valence-electron chi connectivity index (χ1n) is 5.50. The van der Waals surface area contributed by atoms with Crippen LogP contribution in [0.1, 0.15) is 5.89 Å².